The van der Waals surface area contributed by atoms with Crippen molar-refractivity contribution in [2.24, 2.45) is 5.92 Å². The smallest absolute Gasteiger partial charge is 0.207 e. The summed E-state index contributed by atoms with van der Waals surface area (Å²) in [7, 11) is -3.39. The molecule has 2 atom stereocenters. The Hall–Kier alpha value is -0.580. The Balaban J connectivity index is 2.31. The van der Waals surface area contributed by atoms with E-state index in [1.54, 1.807) is 22.5 Å². The summed E-state index contributed by atoms with van der Waals surface area (Å²) >= 11 is 5.77. The predicted octanol–water partition coefficient (Wildman–Crippen LogP) is 3.23. The molecule has 0 N–H and O–H groups in total. The second-order valence-electron chi connectivity index (χ2n) is 5.38. The standard InChI is InChI=1S/C14H20ClNO2S/c1-11-6-7-16(12(2)8-11)19(17,18)14-5-3-4-13(9-14)10-15/h3-5,9,11-12H,6-8,10H2,1-2H3. The molecule has 0 aliphatic carbocycles. The Labute approximate surface area is 120 Å². The van der Waals surface area contributed by atoms with E-state index in [2.05, 4.69) is 6.92 Å². The van der Waals surface area contributed by atoms with E-state index in [0.717, 1.165) is 18.4 Å². The highest BCUT2D eigenvalue weighted by Gasteiger charge is 2.33. The lowest BCUT2D eigenvalue weighted by Crippen LogP contribution is -2.44. The zero-order valence-electron chi connectivity index (χ0n) is 11.3. The molecule has 5 heteroatoms. The molecule has 1 aliphatic heterocycles. The van der Waals surface area contributed by atoms with Crippen molar-refractivity contribution in [2.45, 2.75) is 43.5 Å². The van der Waals surface area contributed by atoms with E-state index < -0.39 is 10.0 Å². The fraction of sp³-hybridized carbons (Fsp3) is 0.571. The summed E-state index contributed by atoms with van der Waals surface area (Å²) in [5.74, 6) is 0.922. The highest BCUT2D eigenvalue weighted by molar-refractivity contribution is 7.89. The van der Waals surface area contributed by atoms with Gasteiger partial charge in [-0.15, -0.1) is 11.6 Å². The van der Waals surface area contributed by atoms with Crippen LogP contribution in [0.1, 0.15) is 32.3 Å². The molecule has 0 spiro atoms. The Morgan fingerprint density at radius 3 is 2.74 bits per heavy atom. The van der Waals surface area contributed by atoms with Gasteiger partial charge in [-0.2, -0.15) is 4.31 Å². The van der Waals surface area contributed by atoms with Gasteiger partial charge in [-0.1, -0.05) is 19.1 Å². The monoisotopic (exact) mass is 301 g/mol. The van der Waals surface area contributed by atoms with E-state index in [1.807, 2.05) is 13.0 Å². The summed E-state index contributed by atoms with van der Waals surface area (Å²) in [5.41, 5.74) is 0.834. The molecule has 0 amide bonds. The summed E-state index contributed by atoms with van der Waals surface area (Å²) in [5, 5.41) is 0. The highest BCUT2D eigenvalue weighted by atomic mass is 35.5. The van der Waals surface area contributed by atoms with Gasteiger partial charge in [0, 0.05) is 18.5 Å². The second-order valence-corrected chi connectivity index (χ2v) is 7.53. The molecule has 1 aliphatic rings. The molecule has 0 aromatic heterocycles. The van der Waals surface area contributed by atoms with E-state index in [-0.39, 0.29) is 6.04 Å². The van der Waals surface area contributed by atoms with Crippen LogP contribution in [0.4, 0.5) is 0 Å². The topological polar surface area (TPSA) is 37.4 Å². The van der Waals surface area contributed by atoms with Gasteiger partial charge in [-0.3, -0.25) is 0 Å². The molecule has 106 valence electrons. The average molecular weight is 302 g/mol. The van der Waals surface area contributed by atoms with E-state index in [0.29, 0.717) is 23.2 Å². The first kappa shape index (κ1) is 14.8. The molecule has 1 fully saturated rings. The molecule has 0 radical (unpaired) electrons. The lowest BCUT2D eigenvalue weighted by atomic mass is 9.95. The minimum atomic E-state index is -3.39. The Morgan fingerprint density at radius 2 is 2.11 bits per heavy atom. The first-order valence-corrected chi connectivity index (χ1v) is 8.59. The van der Waals surface area contributed by atoms with Crippen LogP contribution in [0.2, 0.25) is 0 Å². The second kappa shape index (κ2) is 5.81. The van der Waals surface area contributed by atoms with Gasteiger partial charge in [-0.05, 0) is 43.4 Å². The molecule has 1 saturated heterocycles. The zero-order chi connectivity index (χ0) is 14.0. The van der Waals surface area contributed by atoms with Gasteiger partial charge in [0.1, 0.15) is 0 Å². The number of nitrogens with zero attached hydrogens (tertiary/aromatic N) is 1. The van der Waals surface area contributed by atoms with Crippen LogP contribution in [0.5, 0.6) is 0 Å². The van der Waals surface area contributed by atoms with Gasteiger partial charge < -0.3 is 0 Å². The minimum Gasteiger partial charge on any atom is -0.207 e. The molecule has 2 rings (SSSR count). The quantitative estimate of drug-likeness (QED) is 0.804. The molecule has 2 unspecified atom stereocenters. The summed E-state index contributed by atoms with van der Waals surface area (Å²) in [4.78, 5) is 0.354. The molecular weight excluding hydrogens is 282 g/mol. The third kappa shape index (κ3) is 3.12. The Kier molecular flexibility index (Phi) is 4.54. The maximum Gasteiger partial charge on any atom is 0.243 e. The first-order valence-electron chi connectivity index (χ1n) is 6.62. The van der Waals surface area contributed by atoms with Crippen molar-refractivity contribution in [3.8, 4) is 0 Å². The molecule has 1 aromatic carbocycles. The van der Waals surface area contributed by atoms with Crippen molar-refractivity contribution in [2.75, 3.05) is 6.54 Å². The molecule has 3 nitrogen and oxygen atoms in total. The zero-order valence-corrected chi connectivity index (χ0v) is 12.9. The predicted molar refractivity (Wildman–Crippen MR) is 77.8 cm³/mol. The number of rotatable bonds is 3. The molecule has 1 heterocycles. The third-order valence-electron chi connectivity index (χ3n) is 3.74. The van der Waals surface area contributed by atoms with Crippen LogP contribution in [0.15, 0.2) is 29.2 Å². The molecule has 0 bridgehead atoms. The van der Waals surface area contributed by atoms with Crippen LogP contribution in [-0.4, -0.2) is 25.3 Å². The normalized spacial score (nSPS) is 25.4. The summed E-state index contributed by atoms with van der Waals surface area (Å²) in [6, 6.07) is 6.98. The molecule has 19 heavy (non-hydrogen) atoms. The van der Waals surface area contributed by atoms with Crippen molar-refractivity contribution < 1.29 is 8.42 Å². The summed E-state index contributed by atoms with van der Waals surface area (Å²) in [6.07, 6.45) is 1.85. The van der Waals surface area contributed by atoms with Crippen molar-refractivity contribution >= 4 is 21.6 Å². The molecular formula is C14H20ClNO2S. The number of benzene rings is 1. The Bertz CT molecular complexity index is 544. The van der Waals surface area contributed by atoms with E-state index in [4.69, 9.17) is 11.6 Å². The summed E-state index contributed by atoms with van der Waals surface area (Å²) < 4.78 is 26.9. The number of piperidine rings is 1. The average Bonchev–Trinajstić information content (AvgIpc) is 2.38. The van der Waals surface area contributed by atoms with Gasteiger partial charge in [0.2, 0.25) is 10.0 Å². The maximum absolute atomic E-state index is 12.7. The highest BCUT2D eigenvalue weighted by Crippen LogP contribution is 2.28. The van der Waals surface area contributed by atoms with Gasteiger partial charge in [0.15, 0.2) is 0 Å². The number of alkyl halides is 1. The van der Waals surface area contributed by atoms with E-state index in [9.17, 15) is 8.42 Å². The molecule has 1 aromatic rings. The van der Waals surface area contributed by atoms with Crippen LogP contribution in [-0.2, 0) is 15.9 Å². The lowest BCUT2D eigenvalue weighted by Gasteiger charge is -2.35. The lowest BCUT2D eigenvalue weighted by molar-refractivity contribution is 0.220. The third-order valence-corrected chi connectivity index (χ3v) is 6.05. The van der Waals surface area contributed by atoms with Crippen LogP contribution >= 0.6 is 11.6 Å². The van der Waals surface area contributed by atoms with Crippen molar-refractivity contribution in [1.82, 2.24) is 4.31 Å². The van der Waals surface area contributed by atoms with Crippen LogP contribution in [0.25, 0.3) is 0 Å². The van der Waals surface area contributed by atoms with Gasteiger partial charge in [-0.25, -0.2) is 8.42 Å². The maximum atomic E-state index is 12.7. The molecule has 0 saturated carbocycles. The first-order chi connectivity index (χ1) is 8.95. The van der Waals surface area contributed by atoms with Gasteiger partial charge >= 0.3 is 0 Å². The number of halogens is 1. The van der Waals surface area contributed by atoms with Crippen LogP contribution < -0.4 is 0 Å². The summed E-state index contributed by atoms with van der Waals surface area (Å²) in [6.45, 7) is 4.77. The van der Waals surface area contributed by atoms with Crippen LogP contribution in [0.3, 0.4) is 0 Å². The fourth-order valence-electron chi connectivity index (χ4n) is 2.67. The minimum absolute atomic E-state index is 0.0633. The van der Waals surface area contributed by atoms with Crippen molar-refractivity contribution in [1.29, 1.82) is 0 Å². The van der Waals surface area contributed by atoms with Crippen LogP contribution in [0, 0.1) is 5.92 Å². The fourth-order valence-corrected chi connectivity index (χ4v) is 4.56. The van der Waals surface area contributed by atoms with Gasteiger partial charge in [0.05, 0.1) is 4.90 Å². The van der Waals surface area contributed by atoms with E-state index >= 15 is 0 Å². The van der Waals surface area contributed by atoms with Crippen molar-refractivity contribution in [3.05, 3.63) is 29.8 Å². The Morgan fingerprint density at radius 1 is 1.37 bits per heavy atom. The van der Waals surface area contributed by atoms with Crippen molar-refractivity contribution in [3.63, 3.8) is 0 Å². The van der Waals surface area contributed by atoms with Gasteiger partial charge in [0.25, 0.3) is 0 Å². The number of hydrogen-bond donors (Lipinski definition) is 0. The number of sulfonamides is 1. The largest absolute Gasteiger partial charge is 0.243 e. The number of hydrogen-bond acceptors (Lipinski definition) is 2. The van der Waals surface area contributed by atoms with E-state index in [1.165, 1.54) is 0 Å². The SMILES string of the molecule is CC1CCN(S(=O)(=O)c2cccc(CCl)c2)C(C)C1.